The monoisotopic (exact) mass is 202 g/mol. The van der Waals surface area contributed by atoms with Crippen LogP contribution in [0.4, 0.5) is 0 Å². The van der Waals surface area contributed by atoms with E-state index in [2.05, 4.69) is 30.1 Å². The molecule has 0 aliphatic carbocycles. The zero-order chi connectivity index (χ0) is 10.9. The molecule has 3 heteroatoms. The highest BCUT2D eigenvalue weighted by molar-refractivity contribution is 6.38. The van der Waals surface area contributed by atoms with E-state index < -0.39 is 0 Å². The van der Waals surface area contributed by atoms with Gasteiger partial charge in [-0.2, -0.15) is 0 Å². The van der Waals surface area contributed by atoms with Crippen molar-refractivity contribution in [3.63, 3.8) is 0 Å². The van der Waals surface area contributed by atoms with Crippen molar-refractivity contribution in [1.29, 1.82) is 0 Å². The minimum absolute atomic E-state index is 0.120. The molecule has 1 aliphatic heterocycles. The molecule has 1 aromatic carbocycles. The molecule has 1 aromatic rings. The Morgan fingerprint density at radius 1 is 1.40 bits per heavy atom. The van der Waals surface area contributed by atoms with E-state index in [9.17, 15) is 0 Å². The summed E-state index contributed by atoms with van der Waals surface area (Å²) in [5, 5.41) is 11.7. The van der Waals surface area contributed by atoms with Crippen LogP contribution in [0.3, 0.4) is 0 Å². The first-order valence-corrected chi connectivity index (χ1v) is 4.98. The van der Waals surface area contributed by atoms with Crippen molar-refractivity contribution in [2.75, 3.05) is 0 Å². The van der Waals surface area contributed by atoms with Gasteiger partial charge in [-0.3, -0.25) is 4.99 Å². The quantitative estimate of drug-likeness (QED) is 0.424. The van der Waals surface area contributed by atoms with Crippen LogP contribution in [0.25, 0.3) is 0 Å². The van der Waals surface area contributed by atoms with Gasteiger partial charge >= 0.3 is 0 Å². The summed E-state index contributed by atoms with van der Waals surface area (Å²) in [7, 11) is 0. The highest BCUT2D eigenvalue weighted by Gasteiger charge is 2.25. The van der Waals surface area contributed by atoms with Crippen molar-refractivity contribution in [3.8, 4) is 0 Å². The van der Waals surface area contributed by atoms with Gasteiger partial charge in [0.05, 0.1) is 17.5 Å². The average Bonchev–Trinajstić information content (AvgIpc) is 2.16. The van der Waals surface area contributed by atoms with Crippen LogP contribution in [0.5, 0.6) is 0 Å². The number of aliphatic imine (C=N–C) groups is 1. The van der Waals surface area contributed by atoms with Crippen molar-refractivity contribution in [2.45, 2.75) is 25.8 Å². The van der Waals surface area contributed by atoms with Crippen LogP contribution in [0, 0.1) is 0 Å². The van der Waals surface area contributed by atoms with Gasteiger partial charge in [-0.05, 0) is 25.8 Å². The van der Waals surface area contributed by atoms with Crippen LogP contribution in [0.1, 0.15) is 25.0 Å². The van der Waals surface area contributed by atoms with Gasteiger partial charge < -0.3 is 5.21 Å². The van der Waals surface area contributed by atoms with E-state index in [0.29, 0.717) is 0 Å². The normalized spacial score (nSPS) is 18.7. The molecular weight excluding hydrogens is 188 g/mol. The lowest BCUT2D eigenvalue weighted by Crippen LogP contribution is -2.29. The Labute approximate surface area is 89.2 Å². The van der Waals surface area contributed by atoms with Crippen molar-refractivity contribution < 1.29 is 5.21 Å². The van der Waals surface area contributed by atoms with E-state index in [1.807, 2.05) is 18.2 Å². The summed E-state index contributed by atoms with van der Waals surface area (Å²) in [5.41, 5.74) is 2.96. The lowest BCUT2D eigenvalue weighted by atomic mass is 9.87. The third-order valence-electron chi connectivity index (χ3n) is 2.52. The van der Waals surface area contributed by atoms with Gasteiger partial charge in [-0.1, -0.05) is 29.4 Å². The van der Waals surface area contributed by atoms with Crippen LogP contribution in [-0.2, 0) is 6.42 Å². The Hall–Kier alpha value is -1.64. The summed E-state index contributed by atoms with van der Waals surface area (Å²) < 4.78 is 0. The van der Waals surface area contributed by atoms with Gasteiger partial charge in [0.25, 0.3) is 0 Å². The van der Waals surface area contributed by atoms with Crippen LogP contribution < -0.4 is 0 Å². The van der Waals surface area contributed by atoms with Crippen molar-refractivity contribution >= 4 is 11.9 Å². The molecular formula is C12H14N2O. The summed E-state index contributed by atoms with van der Waals surface area (Å²) in [5.74, 6) is 0. The first kappa shape index (κ1) is 9.90. The largest absolute Gasteiger partial charge is 0.411 e. The number of nitrogens with zero attached hydrogens (tertiary/aromatic N) is 2. The molecule has 0 bridgehead atoms. The molecule has 15 heavy (non-hydrogen) atoms. The lowest BCUT2D eigenvalue weighted by Gasteiger charge is -2.27. The van der Waals surface area contributed by atoms with E-state index in [0.717, 1.165) is 17.7 Å². The fourth-order valence-corrected chi connectivity index (χ4v) is 1.97. The number of fused-ring (bicyclic) bond motifs is 1. The zero-order valence-corrected chi connectivity index (χ0v) is 8.94. The maximum atomic E-state index is 8.60. The standard InChI is InChI=1S/C12H14N2O/c1-12(2)7-9-5-3-4-6-10(9)11(14-12)8-13-15/h3-6,8,15H,7H2,1-2H3. The Bertz CT molecular complexity index is 433. The molecule has 0 atom stereocenters. The fraction of sp³-hybridized carbons (Fsp3) is 0.333. The fourth-order valence-electron chi connectivity index (χ4n) is 1.97. The molecule has 3 nitrogen and oxygen atoms in total. The molecule has 0 radical (unpaired) electrons. The van der Waals surface area contributed by atoms with Gasteiger partial charge in [-0.15, -0.1) is 0 Å². The van der Waals surface area contributed by atoms with Crippen molar-refractivity contribution in [3.05, 3.63) is 35.4 Å². The Balaban J connectivity index is 2.55. The van der Waals surface area contributed by atoms with E-state index >= 15 is 0 Å². The Kier molecular flexibility index (Phi) is 2.31. The van der Waals surface area contributed by atoms with E-state index in [1.54, 1.807) is 0 Å². The minimum atomic E-state index is -0.120. The van der Waals surface area contributed by atoms with E-state index in [4.69, 9.17) is 5.21 Å². The minimum Gasteiger partial charge on any atom is -0.411 e. The molecule has 0 amide bonds. The molecule has 0 fully saturated rings. The second kappa shape index (κ2) is 3.50. The predicted octanol–water partition coefficient (Wildman–Crippen LogP) is 2.27. The van der Waals surface area contributed by atoms with Gasteiger partial charge in [0.1, 0.15) is 0 Å². The number of oxime groups is 1. The molecule has 0 unspecified atom stereocenters. The molecule has 1 N–H and O–H groups in total. The summed E-state index contributed by atoms with van der Waals surface area (Å²) >= 11 is 0. The van der Waals surface area contributed by atoms with Crippen LogP contribution >= 0.6 is 0 Å². The topological polar surface area (TPSA) is 45.0 Å². The summed E-state index contributed by atoms with van der Waals surface area (Å²) in [6.07, 6.45) is 2.33. The number of hydrogen-bond donors (Lipinski definition) is 1. The first-order chi connectivity index (χ1) is 7.12. The smallest absolute Gasteiger partial charge is 0.0920 e. The van der Waals surface area contributed by atoms with Crippen LogP contribution in [0.15, 0.2) is 34.4 Å². The predicted molar refractivity (Wildman–Crippen MR) is 61.0 cm³/mol. The zero-order valence-electron chi connectivity index (χ0n) is 8.94. The lowest BCUT2D eigenvalue weighted by molar-refractivity contribution is 0.322. The molecule has 2 rings (SSSR count). The molecule has 0 saturated carbocycles. The molecule has 0 aromatic heterocycles. The third kappa shape index (κ3) is 1.91. The summed E-state index contributed by atoms with van der Waals surface area (Å²) in [4.78, 5) is 4.55. The molecule has 0 spiro atoms. The van der Waals surface area contributed by atoms with Crippen LogP contribution in [0.2, 0.25) is 0 Å². The summed E-state index contributed by atoms with van der Waals surface area (Å²) in [6.45, 7) is 4.16. The Morgan fingerprint density at radius 3 is 2.87 bits per heavy atom. The van der Waals surface area contributed by atoms with Gasteiger partial charge in [0, 0.05) is 5.56 Å². The third-order valence-corrected chi connectivity index (χ3v) is 2.52. The number of benzene rings is 1. The number of hydrogen-bond acceptors (Lipinski definition) is 3. The summed E-state index contributed by atoms with van der Waals surface area (Å²) in [6, 6.07) is 8.09. The highest BCUT2D eigenvalue weighted by Crippen LogP contribution is 2.26. The highest BCUT2D eigenvalue weighted by atomic mass is 16.4. The van der Waals surface area contributed by atoms with E-state index in [1.165, 1.54) is 11.8 Å². The average molecular weight is 202 g/mol. The van der Waals surface area contributed by atoms with Crippen LogP contribution in [-0.4, -0.2) is 22.7 Å². The molecule has 78 valence electrons. The van der Waals surface area contributed by atoms with Crippen molar-refractivity contribution in [1.82, 2.24) is 0 Å². The van der Waals surface area contributed by atoms with E-state index in [-0.39, 0.29) is 5.54 Å². The SMILES string of the molecule is CC1(C)Cc2ccccc2C(C=NO)=N1. The van der Waals surface area contributed by atoms with Gasteiger partial charge in [0.15, 0.2) is 0 Å². The maximum absolute atomic E-state index is 8.60. The number of rotatable bonds is 1. The Morgan fingerprint density at radius 2 is 2.13 bits per heavy atom. The maximum Gasteiger partial charge on any atom is 0.0920 e. The second-order valence-electron chi connectivity index (χ2n) is 4.39. The molecule has 1 aliphatic rings. The van der Waals surface area contributed by atoms with Crippen molar-refractivity contribution in [2.24, 2.45) is 10.1 Å². The first-order valence-electron chi connectivity index (χ1n) is 4.98. The van der Waals surface area contributed by atoms with Gasteiger partial charge in [0.2, 0.25) is 0 Å². The van der Waals surface area contributed by atoms with Gasteiger partial charge in [-0.25, -0.2) is 0 Å². The molecule has 0 saturated heterocycles. The second-order valence-corrected chi connectivity index (χ2v) is 4.39. The molecule has 1 heterocycles.